The maximum absolute atomic E-state index is 13.3. The number of aromatic nitrogens is 1. The molecule has 3 heteroatoms. The summed E-state index contributed by atoms with van der Waals surface area (Å²) in [5.74, 6) is -0.246. The van der Waals surface area contributed by atoms with Gasteiger partial charge in [0.15, 0.2) is 0 Å². The van der Waals surface area contributed by atoms with E-state index in [1.807, 2.05) is 26.1 Å². The smallest absolute Gasteiger partial charge is 0.123 e. The predicted octanol–water partition coefficient (Wildman–Crippen LogP) is 5.39. The summed E-state index contributed by atoms with van der Waals surface area (Å²) in [6.07, 6.45) is 2.04. The Balaban J connectivity index is 2.20. The lowest BCUT2D eigenvalue weighted by molar-refractivity contribution is 0.628. The number of pyridine rings is 1. The number of nitriles is 1. The summed E-state index contributed by atoms with van der Waals surface area (Å²) in [6, 6.07) is 17.0. The number of hydrogen-bond donors (Lipinski definition) is 0. The zero-order valence-corrected chi connectivity index (χ0v) is 13.5. The third-order valence-electron chi connectivity index (χ3n) is 4.48. The van der Waals surface area contributed by atoms with Crippen LogP contribution in [0.15, 0.2) is 54.7 Å². The molecule has 24 heavy (non-hydrogen) atoms. The fourth-order valence-corrected chi connectivity index (χ4v) is 3.32. The monoisotopic (exact) mass is 314 g/mol. The fraction of sp³-hybridized carbons (Fsp3) is 0.0952. The van der Waals surface area contributed by atoms with Gasteiger partial charge in [0.25, 0.3) is 0 Å². The van der Waals surface area contributed by atoms with E-state index in [9.17, 15) is 9.65 Å². The van der Waals surface area contributed by atoms with Crippen molar-refractivity contribution in [2.24, 2.45) is 0 Å². The second kappa shape index (κ2) is 5.21. The van der Waals surface area contributed by atoms with Crippen molar-refractivity contribution in [1.82, 2.24) is 4.40 Å². The van der Waals surface area contributed by atoms with Crippen LogP contribution in [0.5, 0.6) is 0 Å². The minimum atomic E-state index is -0.246. The molecular weight excluding hydrogens is 299 g/mol. The van der Waals surface area contributed by atoms with Crippen LogP contribution < -0.4 is 0 Å². The summed E-state index contributed by atoms with van der Waals surface area (Å²) in [6.45, 7) is 4.04. The average molecular weight is 314 g/mol. The molecule has 0 atom stereocenters. The van der Waals surface area contributed by atoms with Gasteiger partial charge in [0.05, 0.1) is 11.1 Å². The molecule has 0 amide bonds. The lowest BCUT2D eigenvalue weighted by Gasteiger charge is -2.12. The molecular formula is C21H15FN2. The summed E-state index contributed by atoms with van der Waals surface area (Å²) < 4.78 is 15.4. The molecule has 4 aromatic rings. The van der Waals surface area contributed by atoms with E-state index in [0.29, 0.717) is 5.56 Å². The van der Waals surface area contributed by atoms with Crippen LogP contribution in [0, 0.1) is 31.0 Å². The van der Waals surface area contributed by atoms with E-state index in [1.165, 1.54) is 12.1 Å². The van der Waals surface area contributed by atoms with Crippen molar-refractivity contribution in [3.05, 3.63) is 77.4 Å². The molecule has 0 spiro atoms. The normalized spacial score (nSPS) is 11.1. The topological polar surface area (TPSA) is 28.2 Å². The van der Waals surface area contributed by atoms with Gasteiger partial charge in [-0.3, -0.25) is 0 Å². The van der Waals surface area contributed by atoms with Gasteiger partial charge < -0.3 is 4.40 Å². The Hall–Kier alpha value is -3.12. The zero-order valence-electron chi connectivity index (χ0n) is 13.5. The number of aryl methyl sites for hydroxylation is 2. The van der Waals surface area contributed by atoms with Gasteiger partial charge in [-0.1, -0.05) is 35.9 Å². The lowest BCUT2D eigenvalue weighted by atomic mass is 9.97. The van der Waals surface area contributed by atoms with Crippen LogP contribution in [-0.2, 0) is 0 Å². The largest absolute Gasteiger partial charge is 0.319 e. The Morgan fingerprint density at radius 3 is 2.42 bits per heavy atom. The minimum Gasteiger partial charge on any atom is -0.319 e. The second-order valence-corrected chi connectivity index (χ2v) is 6.13. The highest BCUT2D eigenvalue weighted by Crippen LogP contribution is 2.34. The number of fused-ring (bicyclic) bond motifs is 3. The van der Waals surface area contributed by atoms with Crippen molar-refractivity contribution in [2.75, 3.05) is 0 Å². The Labute approximate surface area is 139 Å². The molecule has 2 aromatic heterocycles. The molecule has 0 unspecified atom stereocenters. The Bertz CT molecular complexity index is 1130. The van der Waals surface area contributed by atoms with Gasteiger partial charge in [0, 0.05) is 22.8 Å². The first kappa shape index (κ1) is 14.5. The second-order valence-electron chi connectivity index (χ2n) is 6.13. The maximum atomic E-state index is 13.3. The van der Waals surface area contributed by atoms with E-state index in [4.69, 9.17) is 0 Å². The molecule has 0 saturated heterocycles. The van der Waals surface area contributed by atoms with E-state index in [1.54, 1.807) is 12.1 Å². The highest BCUT2D eigenvalue weighted by Gasteiger charge is 2.14. The van der Waals surface area contributed by atoms with Crippen LogP contribution in [0.25, 0.3) is 27.4 Å². The highest BCUT2D eigenvalue weighted by molar-refractivity contribution is 6.06. The summed E-state index contributed by atoms with van der Waals surface area (Å²) in [7, 11) is 0. The molecule has 0 aliphatic carbocycles. The highest BCUT2D eigenvalue weighted by atomic mass is 19.1. The van der Waals surface area contributed by atoms with Crippen molar-refractivity contribution >= 4 is 16.3 Å². The summed E-state index contributed by atoms with van der Waals surface area (Å²) in [5, 5.41) is 11.6. The van der Waals surface area contributed by atoms with Crippen LogP contribution in [0.4, 0.5) is 4.39 Å². The summed E-state index contributed by atoms with van der Waals surface area (Å²) in [4.78, 5) is 0. The fourth-order valence-electron chi connectivity index (χ4n) is 3.32. The van der Waals surface area contributed by atoms with Crippen LogP contribution in [-0.4, -0.2) is 4.40 Å². The average Bonchev–Trinajstić information content (AvgIpc) is 2.91. The van der Waals surface area contributed by atoms with Crippen LogP contribution in [0.1, 0.15) is 16.8 Å². The van der Waals surface area contributed by atoms with Crippen LogP contribution >= 0.6 is 0 Å². The predicted molar refractivity (Wildman–Crippen MR) is 94.5 cm³/mol. The van der Waals surface area contributed by atoms with Crippen molar-refractivity contribution in [1.29, 1.82) is 5.26 Å². The molecule has 0 radical (unpaired) electrons. The molecule has 0 bridgehead atoms. The minimum absolute atomic E-state index is 0.246. The molecule has 2 nitrogen and oxygen atoms in total. The number of halogens is 1. The Morgan fingerprint density at radius 1 is 0.958 bits per heavy atom. The molecule has 4 rings (SSSR count). The van der Waals surface area contributed by atoms with E-state index in [0.717, 1.165) is 38.7 Å². The molecule has 2 heterocycles. The molecule has 0 saturated carbocycles. The number of benzene rings is 2. The van der Waals surface area contributed by atoms with Gasteiger partial charge in [0.2, 0.25) is 0 Å². The molecule has 116 valence electrons. The summed E-state index contributed by atoms with van der Waals surface area (Å²) in [5.41, 5.74) is 5.75. The molecule has 0 N–H and O–H groups in total. The SMILES string of the molecule is Cc1ccc2c(c1)c(-c1ccc(F)cc1)cn1c(C)cc(C#N)c21. The van der Waals surface area contributed by atoms with Crippen molar-refractivity contribution in [2.45, 2.75) is 13.8 Å². The van der Waals surface area contributed by atoms with Crippen LogP contribution in [0.3, 0.4) is 0 Å². The van der Waals surface area contributed by atoms with Gasteiger partial charge in [0.1, 0.15) is 11.9 Å². The van der Waals surface area contributed by atoms with E-state index < -0.39 is 0 Å². The molecule has 0 aliphatic heterocycles. The number of hydrogen-bond acceptors (Lipinski definition) is 1. The van der Waals surface area contributed by atoms with Crippen molar-refractivity contribution < 1.29 is 4.39 Å². The van der Waals surface area contributed by atoms with Crippen molar-refractivity contribution in [3.8, 4) is 17.2 Å². The molecule has 2 aromatic carbocycles. The quantitative estimate of drug-likeness (QED) is 0.463. The standard InChI is InChI=1S/C21H15FN2/c1-13-3-8-18-19(9-13)20(15-4-6-17(22)7-5-15)12-24-14(2)10-16(11-23)21(18)24/h3-10,12H,1-2H3. The zero-order chi connectivity index (χ0) is 16.8. The lowest BCUT2D eigenvalue weighted by Crippen LogP contribution is -1.93. The van der Waals surface area contributed by atoms with E-state index >= 15 is 0 Å². The molecule has 0 aliphatic rings. The van der Waals surface area contributed by atoms with Gasteiger partial charge in [-0.25, -0.2) is 4.39 Å². The molecule has 0 fully saturated rings. The Morgan fingerprint density at radius 2 is 1.71 bits per heavy atom. The maximum Gasteiger partial charge on any atom is 0.123 e. The third-order valence-corrected chi connectivity index (χ3v) is 4.48. The van der Waals surface area contributed by atoms with E-state index in [2.05, 4.69) is 28.7 Å². The first-order valence-electron chi connectivity index (χ1n) is 7.79. The number of rotatable bonds is 1. The summed E-state index contributed by atoms with van der Waals surface area (Å²) >= 11 is 0. The van der Waals surface area contributed by atoms with Gasteiger partial charge in [-0.15, -0.1) is 0 Å². The van der Waals surface area contributed by atoms with Crippen molar-refractivity contribution in [3.63, 3.8) is 0 Å². The third kappa shape index (κ3) is 2.08. The van der Waals surface area contributed by atoms with Gasteiger partial charge >= 0.3 is 0 Å². The first-order valence-corrected chi connectivity index (χ1v) is 7.79. The first-order chi connectivity index (χ1) is 11.6. The Kier molecular flexibility index (Phi) is 3.14. The van der Waals surface area contributed by atoms with E-state index in [-0.39, 0.29) is 5.82 Å². The van der Waals surface area contributed by atoms with Gasteiger partial charge in [-0.2, -0.15) is 5.26 Å². The van der Waals surface area contributed by atoms with Crippen LogP contribution in [0.2, 0.25) is 0 Å². The van der Waals surface area contributed by atoms with Gasteiger partial charge in [-0.05, 0) is 43.0 Å². The number of nitrogens with zero attached hydrogens (tertiary/aromatic N) is 2.